The van der Waals surface area contributed by atoms with E-state index in [1.54, 1.807) is 0 Å². The number of rotatable bonds is 6. The van der Waals surface area contributed by atoms with Crippen molar-refractivity contribution in [3.05, 3.63) is 12.3 Å². The van der Waals surface area contributed by atoms with E-state index in [-0.39, 0.29) is 18.0 Å². The van der Waals surface area contributed by atoms with Gasteiger partial charge in [0.05, 0.1) is 12.1 Å². The van der Waals surface area contributed by atoms with Crippen LogP contribution in [0.15, 0.2) is 17.3 Å². The molecular weight excluding hydrogens is 246 g/mol. The molecule has 1 aromatic heterocycles. The minimum absolute atomic E-state index is 0.0560. The summed E-state index contributed by atoms with van der Waals surface area (Å²) in [5, 5.41) is 12.5. The third kappa shape index (κ3) is 3.53. The summed E-state index contributed by atoms with van der Waals surface area (Å²) in [4.78, 5) is 10.5. The molecule has 8 heteroatoms. The third-order valence-electron chi connectivity index (χ3n) is 2.34. The first-order chi connectivity index (χ1) is 7.84. The lowest BCUT2D eigenvalue weighted by Crippen LogP contribution is -2.28. The second kappa shape index (κ2) is 5.28. The molecule has 1 rings (SSSR count). The molecule has 1 unspecified atom stereocenters. The molecule has 17 heavy (non-hydrogen) atoms. The summed E-state index contributed by atoms with van der Waals surface area (Å²) in [6.07, 6.45) is 1.63. The number of hydrogen-bond acceptors (Lipinski definition) is 4. The first kappa shape index (κ1) is 13.7. The Bertz CT molecular complexity index is 494. The van der Waals surface area contributed by atoms with Crippen molar-refractivity contribution in [1.82, 2.24) is 14.5 Å². The van der Waals surface area contributed by atoms with E-state index >= 15 is 0 Å². The molecule has 7 nitrogen and oxygen atoms in total. The van der Waals surface area contributed by atoms with E-state index in [9.17, 15) is 13.2 Å². The molecule has 0 amide bonds. The Morgan fingerprint density at radius 3 is 2.76 bits per heavy atom. The number of aromatic nitrogens is 2. The van der Waals surface area contributed by atoms with Gasteiger partial charge in [-0.3, -0.25) is 9.48 Å². The molecule has 1 atom stereocenters. The van der Waals surface area contributed by atoms with Crippen LogP contribution >= 0.6 is 0 Å². The van der Waals surface area contributed by atoms with Crippen molar-refractivity contribution in [2.75, 3.05) is 6.54 Å². The highest BCUT2D eigenvalue weighted by Crippen LogP contribution is 2.07. The number of aryl methyl sites for hydroxylation is 1. The van der Waals surface area contributed by atoms with Crippen LogP contribution in [0, 0.1) is 5.92 Å². The van der Waals surface area contributed by atoms with Crippen molar-refractivity contribution in [2.24, 2.45) is 13.0 Å². The molecule has 2 N–H and O–H groups in total. The number of nitrogens with one attached hydrogen (secondary N) is 1. The molecular formula is C9H15N3O4S. The fraction of sp³-hybridized carbons (Fsp3) is 0.556. The average Bonchev–Trinajstić information content (AvgIpc) is 2.64. The minimum Gasteiger partial charge on any atom is -0.481 e. The Hall–Kier alpha value is -1.41. The molecule has 1 aromatic rings. The molecule has 0 saturated carbocycles. The molecule has 0 fully saturated rings. The van der Waals surface area contributed by atoms with Crippen LogP contribution in [0.4, 0.5) is 0 Å². The van der Waals surface area contributed by atoms with Gasteiger partial charge in [-0.1, -0.05) is 6.92 Å². The van der Waals surface area contributed by atoms with Crippen molar-refractivity contribution in [3.8, 4) is 0 Å². The van der Waals surface area contributed by atoms with E-state index in [2.05, 4.69) is 9.82 Å². The lowest BCUT2D eigenvalue weighted by molar-refractivity contribution is -0.141. The second-order valence-corrected chi connectivity index (χ2v) is 5.43. The average molecular weight is 261 g/mol. The Balaban J connectivity index is 2.58. The van der Waals surface area contributed by atoms with Crippen molar-refractivity contribution in [3.63, 3.8) is 0 Å². The van der Waals surface area contributed by atoms with Gasteiger partial charge < -0.3 is 5.11 Å². The van der Waals surface area contributed by atoms with Crippen LogP contribution in [0.2, 0.25) is 0 Å². The van der Waals surface area contributed by atoms with Gasteiger partial charge in [-0.05, 0) is 12.5 Å². The largest absolute Gasteiger partial charge is 0.481 e. The first-order valence-electron chi connectivity index (χ1n) is 5.05. The monoisotopic (exact) mass is 261 g/mol. The number of hydrogen-bond donors (Lipinski definition) is 2. The van der Waals surface area contributed by atoms with Gasteiger partial charge in [-0.15, -0.1) is 0 Å². The van der Waals surface area contributed by atoms with Crippen LogP contribution in [0.1, 0.15) is 13.3 Å². The van der Waals surface area contributed by atoms with Gasteiger partial charge in [0.1, 0.15) is 0 Å². The Labute approximate surface area is 99.5 Å². The molecule has 1 heterocycles. The summed E-state index contributed by atoms with van der Waals surface area (Å²) in [6.45, 7) is 1.61. The van der Waals surface area contributed by atoms with Crippen molar-refractivity contribution < 1.29 is 18.3 Å². The number of carbonyl (C=O) groups is 1. The van der Waals surface area contributed by atoms with Gasteiger partial charge in [0.25, 0.3) is 10.0 Å². The van der Waals surface area contributed by atoms with E-state index < -0.39 is 21.9 Å². The normalized spacial score (nSPS) is 13.5. The number of sulfonamides is 1. The molecule has 0 spiro atoms. The lowest BCUT2D eigenvalue weighted by Gasteiger charge is -2.08. The summed E-state index contributed by atoms with van der Waals surface area (Å²) >= 11 is 0. The minimum atomic E-state index is -3.61. The van der Waals surface area contributed by atoms with Gasteiger partial charge in [0.15, 0.2) is 5.03 Å². The number of nitrogens with zero attached hydrogens (tertiary/aromatic N) is 2. The molecule has 0 aliphatic carbocycles. The fourth-order valence-electron chi connectivity index (χ4n) is 1.23. The van der Waals surface area contributed by atoms with Crippen LogP contribution in [0.3, 0.4) is 0 Å². The van der Waals surface area contributed by atoms with Crippen molar-refractivity contribution >= 4 is 16.0 Å². The van der Waals surface area contributed by atoms with E-state index in [0.717, 1.165) is 0 Å². The maximum atomic E-state index is 11.7. The zero-order chi connectivity index (χ0) is 13.1. The van der Waals surface area contributed by atoms with Crippen LogP contribution in [-0.4, -0.2) is 35.8 Å². The Kier molecular flexibility index (Phi) is 4.24. The van der Waals surface area contributed by atoms with E-state index in [4.69, 9.17) is 5.11 Å². The molecule has 0 saturated heterocycles. The fourth-order valence-corrected chi connectivity index (χ4v) is 2.40. The maximum Gasteiger partial charge on any atom is 0.306 e. The van der Waals surface area contributed by atoms with Gasteiger partial charge in [0.2, 0.25) is 0 Å². The van der Waals surface area contributed by atoms with Crippen LogP contribution in [0.25, 0.3) is 0 Å². The van der Waals surface area contributed by atoms with Crippen molar-refractivity contribution in [2.45, 2.75) is 18.4 Å². The first-order valence-corrected chi connectivity index (χ1v) is 6.53. The summed E-state index contributed by atoms with van der Waals surface area (Å²) in [5.74, 6) is -1.52. The Morgan fingerprint density at radius 1 is 1.65 bits per heavy atom. The molecule has 0 aliphatic rings. The van der Waals surface area contributed by atoms with E-state index in [1.165, 1.54) is 30.9 Å². The van der Waals surface area contributed by atoms with Gasteiger partial charge in [-0.25, -0.2) is 13.1 Å². The van der Waals surface area contributed by atoms with E-state index in [1.807, 2.05) is 0 Å². The predicted molar refractivity (Wildman–Crippen MR) is 59.8 cm³/mol. The van der Waals surface area contributed by atoms with Gasteiger partial charge in [0, 0.05) is 13.6 Å². The number of carboxylic acids is 1. The van der Waals surface area contributed by atoms with Crippen LogP contribution in [0.5, 0.6) is 0 Å². The topological polar surface area (TPSA) is 101 Å². The van der Waals surface area contributed by atoms with Crippen LogP contribution in [-0.2, 0) is 21.9 Å². The summed E-state index contributed by atoms with van der Waals surface area (Å²) in [6, 6.07) is 1.38. The molecule has 96 valence electrons. The number of aliphatic carboxylic acids is 1. The Morgan fingerprint density at radius 2 is 2.29 bits per heavy atom. The van der Waals surface area contributed by atoms with Gasteiger partial charge >= 0.3 is 5.97 Å². The third-order valence-corrected chi connectivity index (χ3v) is 3.88. The van der Waals surface area contributed by atoms with Gasteiger partial charge in [-0.2, -0.15) is 5.10 Å². The standard InChI is InChI=1S/C9H15N3O4S/c1-7(9(13)14)3-6-11-17(15,16)8-4-5-10-12(8)2/h4-5,7,11H,3,6H2,1-2H3,(H,13,14). The summed E-state index contributed by atoms with van der Waals surface area (Å²) in [5.41, 5.74) is 0. The lowest BCUT2D eigenvalue weighted by atomic mass is 10.1. The summed E-state index contributed by atoms with van der Waals surface area (Å²) < 4.78 is 27.1. The maximum absolute atomic E-state index is 11.7. The highest BCUT2D eigenvalue weighted by atomic mass is 32.2. The zero-order valence-corrected chi connectivity index (χ0v) is 10.4. The van der Waals surface area contributed by atoms with Crippen LogP contribution < -0.4 is 4.72 Å². The predicted octanol–water partition coefficient (Wildman–Crippen LogP) is -0.191. The SMILES string of the molecule is CC(CCNS(=O)(=O)c1ccnn1C)C(=O)O. The highest BCUT2D eigenvalue weighted by Gasteiger charge is 2.18. The number of carboxylic acid groups (broad SMARTS) is 1. The molecule has 0 bridgehead atoms. The highest BCUT2D eigenvalue weighted by molar-refractivity contribution is 7.89. The quantitative estimate of drug-likeness (QED) is 0.739. The smallest absolute Gasteiger partial charge is 0.306 e. The van der Waals surface area contributed by atoms with E-state index in [0.29, 0.717) is 0 Å². The zero-order valence-electron chi connectivity index (χ0n) is 9.62. The van der Waals surface area contributed by atoms with Crippen molar-refractivity contribution in [1.29, 1.82) is 0 Å². The molecule has 0 aromatic carbocycles. The second-order valence-electron chi connectivity index (χ2n) is 3.72. The molecule has 0 radical (unpaired) electrons. The molecule has 0 aliphatic heterocycles. The summed E-state index contributed by atoms with van der Waals surface area (Å²) in [7, 11) is -2.09.